The van der Waals surface area contributed by atoms with Crippen LogP contribution in [0.1, 0.15) is 17.5 Å². The van der Waals surface area contributed by atoms with Crippen molar-refractivity contribution in [1.29, 1.82) is 0 Å². The smallest absolute Gasteiger partial charge is 0.271 e. The van der Waals surface area contributed by atoms with Crippen molar-refractivity contribution in [3.63, 3.8) is 0 Å². The Bertz CT molecular complexity index is 929. The van der Waals surface area contributed by atoms with Gasteiger partial charge in [0.05, 0.1) is 16.5 Å². The molecule has 0 bridgehead atoms. The zero-order valence-corrected chi connectivity index (χ0v) is 15.4. The zero-order chi connectivity index (χ0) is 19.7. The van der Waals surface area contributed by atoms with Crippen LogP contribution in [0.15, 0.2) is 48.5 Å². The highest BCUT2D eigenvalue weighted by Gasteiger charge is 2.38. The van der Waals surface area contributed by atoms with Gasteiger partial charge >= 0.3 is 0 Å². The Morgan fingerprint density at radius 2 is 1.96 bits per heavy atom. The minimum absolute atomic E-state index is 0.00672. The maximum Gasteiger partial charge on any atom is 0.271 e. The van der Waals surface area contributed by atoms with Crippen molar-refractivity contribution in [3.05, 3.63) is 69.8 Å². The summed E-state index contributed by atoms with van der Waals surface area (Å²) in [5.74, 6) is -0.518. The predicted octanol–water partition coefficient (Wildman–Crippen LogP) is 2.58. The van der Waals surface area contributed by atoms with Crippen LogP contribution >= 0.6 is 0 Å². The molecule has 0 N–H and O–H groups in total. The molecular weight excluding hydrogens is 358 g/mol. The fraction of sp³-hybridized carbons (Fsp3) is 0.333. The molecule has 28 heavy (non-hydrogen) atoms. The molecule has 1 fully saturated rings. The third-order valence-electron chi connectivity index (χ3n) is 5.52. The van der Waals surface area contributed by atoms with Crippen molar-refractivity contribution in [3.8, 4) is 0 Å². The van der Waals surface area contributed by atoms with E-state index in [1.165, 1.54) is 12.1 Å². The molecule has 4 rings (SSSR count). The highest BCUT2D eigenvalue weighted by molar-refractivity contribution is 6.00. The highest BCUT2D eigenvalue weighted by atomic mass is 16.6. The van der Waals surface area contributed by atoms with Crippen molar-refractivity contribution in [2.45, 2.75) is 19.3 Å². The van der Waals surface area contributed by atoms with Crippen LogP contribution in [-0.2, 0) is 22.4 Å². The van der Waals surface area contributed by atoms with Gasteiger partial charge in [0.1, 0.15) is 0 Å². The number of anilines is 1. The lowest BCUT2D eigenvalue weighted by atomic mass is 10.1. The van der Waals surface area contributed by atoms with Crippen molar-refractivity contribution >= 4 is 23.2 Å². The van der Waals surface area contributed by atoms with E-state index in [2.05, 4.69) is 0 Å². The molecule has 2 heterocycles. The molecule has 2 aliphatic rings. The number of amides is 2. The van der Waals surface area contributed by atoms with E-state index in [9.17, 15) is 19.7 Å². The van der Waals surface area contributed by atoms with Gasteiger partial charge in [-0.25, -0.2) is 0 Å². The number of hydrogen-bond acceptors (Lipinski definition) is 4. The molecule has 1 unspecified atom stereocenters. The molecular formula is C21H21N3O4. The van der Waals surface area contributed by atoms with Gasteiger partial charge < -0.3 is 9.80 Å². The third-order valence-corrected chi connectivity index (χ3v) is 5.52. The van der Waals surface area contributed by atoms with Gasteiger partial charge in [-0.3, -0.25) is 19.7 Å². The van der Waals surface area contributed by atoms with Crippen molar-refractivity contribution in [2.24, 2.45) is 5.92 Å². The van der Waals surface area contributed by atoms with E-state index in [-0.39, 0.29) is 23.9 Å². The molecule has 2 aromatic carbocycles. The maximum absolute atomic E-state index is 13.0. The molecule has 144 valence electrons. The Labute approximate surface area is 162 Å². The minimum Gasteiger partial charge on any atom is -0.342 e. The summed E-state index contributed by atoms with van der Waals surface area (Å²) in [7, 11) is 0. The van der Waals surface area contributed by atoms with Crippen LogP contribution in [-0.4, -0.2) is 41.3 Å². The first-order chi connectivity index (χ1) is 13.5. The number of nitrogens with zero attached hydrogens (tertiary/aromatic N) is 3. The minimum atomic E-state index is -0.453. The van der Waals surface area contributed by atoms with Gasteiger partial charge in [-0.1, -0.05) is 36.4 Å². The second kappa shape index (κ2) is 7.42. The van der Waals surface area contributed by atoms with E-state index in [1.54, 1.807) is 15.9 Å². The van der Waals surface area contributed by atoms with Crippen LogP contribution in [0.25, 0.3) is 0 Å². The van der Waals surface area contributed by atoms with E-state index >= 15 is 0 Å². The molecule has 0 saturated carbocycles. The number of rotatable bonds is 5. The number of non-ortho nitro benzene ring substituents is 1. The molecule has 2 amide bonds. The van der Waals surface area contributed by atoms with E-state index in [0.717, 1.165) is 17.5 Å². The summed E-state index contributed by atoms with van der Waals surface area (Å²) in [6.45, 7) is 1.50. The van der Waals surface area contributed by atoms with Gasteiger partial charge in [0.15, 0.2) is 0 Å². The van der Waals surface area contributed by atoms with Crippen molar-refractivity contribution in [2.75, 3.05) is 24.5 Å². The van der Waals surface area contributed by atoms with E-state index < -0.39 is 10.8 Å². The number of nitro groups is 1. The lowest BCUT2D eigenvalue weighted by molar-refractivity contribution is -0.384. The van der Waals surface area contributed by atoms with Crippen LogP contribution in [0.5, 0.6) is 0 Å². The van der Waals surface area contributed by atoms with Gasteiger partial charge in [0, 0.05) is 38.2 Å². The second-order valence-corrected chi connectivity index (χ2v) is 7.29. The van der Waals surface area contributed by atoms with Crippen molar-refractivity contribution < 1.29 is 14.5 Å². The molecule has 2 aromatic rings. The number of carbonyl (C=O) groups is 2. The lowest BCUT2D eigenvalue weighted by Gasteiger charge is -2.21. The Kier molecular flexibility index (Phi) is 4.81. The number of fused-ring (bicyclic) bond motifs is 1. The molecule has 2 aliphatic heterocycles. The molecule has 7 nitrogen and oxygen atoms in total. The monoisotopic (exact) mass is 379 g/mol. The predicted molar refractivity (Wildman–Crippen MR) is 104 cm³/mol. The van der Waals surface area contributed by atoms with Crippen LogP contribution < -0.4 is 4.90 Å². The summed E-state index contributed by atoms with van der Waals surface area (Å²) in [6, 6.07) is 14.6. The second-order valence-electron chi connectivity index (χ2n) is 7.29. The maximum atomic E-state index is 13.0. The van der Waals surface area contributed by atoms with Crippen LogP contribution in [0.4, 0.5) is 11.4 Å². The molecule has 0 aliphatic carbocycles. The van der Waals surface area contributed by atoms with Gasteiger partial charge in [-0.05, 0) is 24.0 Å². The lowest BCUT2D eigenvalue weighted by Crippen LogP contribution is -2.36. The normalized spacial score (nSPS) is 18.4. The molecule has 1 saturated heterocycles. The van der Waals surface area contributed by atoms with E-state index in [1.807, 2.05) is 30.3 Å². The number of hydrogen-bond donors (Lipinski definition) is 0. The number of likely N-dealkylation sites (tertiary alicyclic amines) is 1. The average molecular weight is 379 g/mol. The zero-order valence-electron chi connectivity index (χ0n) is 15.4. The summed E-state index contributed by atoms with van der Waals surface area (Å²) in [5.41, 5.74) is 2.68. The topological polar surface area (TPSA) is 83.8 Å². The Morgan fingerprint density at radius 3 is 2.71 bits per heavy atom. The van der Waals surface area contributed by atoms with Crippen LogP contribution in [0.2, 0.25) is 0 Å². The fourth-order valence-corrected chi connectivity index (χ4v) is 3.99. The standard InChI is InChI=1S/C21H21N3O4/c25-20-12-17(14-22(20)10-8-15-4-2-1-3-5-15)21(26)23-11-9-16-6-7-18(24(27)28)13-19(16)23/h1-7,13,17H,8-12,14H2. The first kappa shape index (κ1) is 18.2. The Hall–Kier alpha value is -3.22. The van der Waals surface area contributed by atoms with Gasteiger partial charge in [0.2, 0.25) is 11.8 Å². The van der Waals surface area contributed by atoms with Gasteiger partial charge in [-0.2, -0.15) is 0 Å². The van der Waals surface area contributed by atoms with Gasteiger partial charge in [-0.15, -0.1) is 0 Å². The summed E-state index contributed by atoms with van der Waals surface area (Å²) in [5, 5.41) is 11.1. The largest absolute Gasteiger partial charge is 0.342 e. The van der Waals surface area contributed by atoms with Crippen molar-refractivity contribution in [1.82, 2.24) is 4.90 Å². The van der Waals surface area contributed by atoms with Crippen LogP contribution in [0, 0.1) is 16.0 Å². The molecule has 7 heteroatoms. The quantitative estimate of drug-likeness (QED) is 0.590. The fourth-order valence-electron chi connectivity index (χ4n) is 3.99. The van der Waals surface area contributed by atoms with Gasteiger partial charge in [0.25, 0.3) is 5.69 Å². The summed E-state index contributed by atoms with van der Waals surface area (Å²) in [4.78, 5) is 39.4. The molecule has 0 radical (unpaired) electrons. The molecule has 0 aromatic heterocycles. The first-order valence-corrected chi connectivity index (χ1v) is 9.43. The summed E-state index contributed by atoms with van der Waals surface area (Å²) >= 11 is 0. The SMILES string of the molecule is O=C1CC(C(=O)N2CCc3ccc([N+](=O)[O-])cc32)CN1CCc1ccccc1. The van der Waals surface area contributed by atoms with E-state index in [0.29, 0.717) is 31.7 Å². The van der Waals surface area contributed by atoms with Crippen LogP contribution in [0.3, 0.4) is 0 Å². The average Bonchev–Trinajstić information content (AvgIpc) is 3.29. The molecule has 1 atom stereocenters. The summed E-state index contributed by atoms with van der Waals surface area (Å²) < 4.78 is 0. The Morgan fingerprint density at radius 1 is 1.18 bits per heavy atom. The number of carbonyl (C=O) groups excluding carboxylic acids is 2. The number of nitro benzene ring substituents is 1. The number of benzene rings is 2. The molecule has 0 spiro atoms. The third kappa shape index (κ3) is 3.47. The van der Waals surface area contributed by atoms with E-state index in [4.69, 9.17) is 0 Å². The Balaban J connectivity index is 1.43. The first-order valence-electron chi connectivity index (χ1n) is 9.43. The highest BCUT2D eigenvalue weighted by Crippen LogP contribution is 2.34. The summed E-state index contributed by atoms with van der Waals surface area (Å²) in [6.07, 6.45) is 1.64.